The SMILES string of the molecule is CCCCCCCCCCCCCCCCCCCCCCC(=O)OC(COCCCCCCCCCCC)COP(=O)(O)OCC(O)CO. The summed E-state index contributed by atoms with van der Waals surface area (Å²) in [7, 11) is -4.50. The standard InChI is InChI=1S/C40H81O9P/c1-3-5-7-9-11-13-14-15-16-17-18-19-20-21-22-23-24-26-28-30-32-40(43)49-39(37-48-50(44,45)47-35-38(42)34-41)36-46-33-31-29-27-25-12-10-8-6-4-2/h38-39,41-42H,3-37H2,1-2H3,(H,44,45). The van der Waals surface area contributed by atoms with Crippen molar-refractivity contribution in [3.05, 3.63) is 0 Å². The van der Waals surface area contributed by atoms with Crippen LogP contribution < -0.4 is 0 Å². The lowest BCUT2D eigenvalue weighted by Crippen LogP contribution is -2.29. The molecular weight excluding hydrogens is 655 g/mol. The molecule has 0 aromatic rings. The third-order valence-corrected chi connectivity index (χ3v) is 10.2. The van der Waals surface area contributed by atoms with Crippen LogP contribution in [0.3, 0.4) is 0 Å². The Labute approximate surface area is 308 Å². The Morgan fingerprint density at radius 1 is 0.540 bits per heavy atom. The van der Waals surface area contributed by atoms with Gasteiger partial charge in [-0.25, -0.2) is 4.57 Å². The Morgan fingerprint density at radius 3 is 1.30 bits per heavy atom. The molecule has 9 nitrogen and oxygen atoms in total. The summed E-state index contributed by atoms with van der Waals surface area (Å²) >= 11 is 0. The van der Waals surface area contributed by atoms with Crippen LogP contribution in [0.15, 0.2) is 0 Å². The van der Waals surface area contributed by atoms with Crippen molar-refractivity contribution in [3.8, 4) is 0 Å². The second kappa shape index (κ2) is 38.2. The lowest BCUT2D eigenvalue weighted by Gasteiger charge is -2.20. The molecule has 300 valence electrons. The number of ether oxygens (including phenoxy) is 2. The number of rotatable bonds is 41. The monoisotopic (exact) mass is 737 g/mol. The maximum Gasteiger partial charge on any atom is 0.472 e. The number of aliphatic hydroxyl groups excluding tert-OH is 2. The zero-order valence-corrected chi connectivity index (χ0v) is 33.5. The van der Waals surface area contributed by atoms with Gasteiger partial charge in [-0.3, -0.25) is 13.8 Å². The van der Waals surface area contributed by atoms with Crippen molar-refractivity contribution >= 4 is 13.8 Å². The zero-order valence-electron chi connectivity index (χ0n) is 32.6. The zero-order chi connectivity index (χ0) is 36.8. The van der Waals surface area contributed by atoms with Gasteiger partial charge in [0.2, 0.25) is 0 Å². The van der Waals surface area contributed by atoms with Crippen LogP contribution in [0.2, 0.25) is 0 Å². The molecule has 0 radical (unpaired) electrons. The molecule has 0 aromatic heterocycles. The minimum absolute atomic E-state index is 0.0568. The summed E-state index contributed by atoms with van der Waals surface area (Å²) in [5, 5.41) is 18.3. The average Bonchev–Trinajstić information content (AvgIpc) is 3.10. The minimum Gasteiger partial charge on any atom is -0.457 e. The van der Waals surface area contributed by atoms with E-state index < -0.39 is 33.2 Å². The van der Waals surface area contributed by atoms with Crippen LogP contribution in [0.1, 0.15) is 206 Å². The van der Waals surface area contributed by atoms with Crippen LogP contribution in [-0.2, 0) is 27.9 Å². The smallest absolute Gasteiger partial charge is 0.457 e. The third-order valence-electron chi connectivity index (χ3n) is 9.29. The molecule has 0 bridgehead atoms. The predicted octanol–water partition coefficient (Wildman–Crippen LogP) is 11.1. The summed E-state index contributed by atoms with van der Waals surface area (Å²) < 4.78 is 33.2. The Morgan fingerprint density at radius 2 is 0.900 bits per heavy atom. The molecule has 10 heteroatoms. The van der Waals surface area contributed by atoms with Crippen molar-refractivity contribution in [2.75, 3.05) is 33.0 Å². The molecule has 0 aliphatic heterocycles. The largest absolute Gasteiger partial charge is 0.472 e. The highest BCUT2D eigenvalue weighted by molar-refractivity contribution is 7.47. The number of aliphatic hydroxyl groups is 2. The van der Waals surface area contributed by atoms with Gasteiger partial charge in [0.1, 0.15) is 12.2 Å². The van der Waals surface area contributed by atoms with E-state index in [0.717, 1.165) is 32.1 Å². The quantitative estimate of drug-likeness (QED) is 0.0319. The highest BCUT2D eigenvalue weighted by Gasteiger charge is 2.26. The maximum absolute atomic E-state index is 12.6. The predicted molar refractivity (Wildman–Crippen MR) is 205 cm³/mol. The number of esters is 1. The molecule has 0 heterocycles. The van der Waals surface area contributed by atoms with Crippen molar-refractivity contribution in [2.45, 2.75) is 219 Å². The summed E-state index contributed by atoms with van der Waals surface area (Å²) in [6.45, 7) is 3.54. The first-order chi connectivity index (χ1) is 24.3. The number of phosphoric ester groups is 1. The van der Waals surface area contributed by atoms with Crippen molar-refractivity contribution in [1.29, 1.82) is 0 Å². The molecule has 0 amide bonds. The number of unbranched alkanes of at least 4 members (excludes halogenated alkanes) is 27. The normalized spacial score (nSPS) is 14.1. The van der Waals surface area contributed by atoms with E-state index in [1.54, 1.807) is 0 Å². The van der Waals surface area contributed by atoms with E-state index in [2.05, 4.69) is 13.8 Å². The fraction of sp³-hybridized carbons (Fsp3) is 0.975. The van der Waals surface area contributed by atoms with E-state index in [-0.39, 0.29) is 25.6 Å². The van der Waals surface area contributed by atoms with E-state index >= 15 is 0 Å². The van der Waals surface area contributed by atoms with Crippen LogP contribution >= 0.6 is 7.82 Å². The summed E-state index contributed by atoms with van der Waals surface area (Å²) in [6.07, 6.45) is 35.0. The maximum atomic E-state index is 12.6. The topological polar surface area (TPSA) is 132 Å². The number of hydrogen-bond acceptors (Lipinski definition) is 8. The molecular formula is C40H81O9P. The first kappa shape index (κ1) is 49.5. The van der Waals surface area contributed by atoms with Crippen LogP contribution in [0.25, 0.3) is 0 Å². The fourth-order valence-corrected chi connectivity index (χ4v) is 6.85. The lowest BCUT2D eigenvalue weighted by atomic mass is 10.0. The molecule has 0 saturated carbocycles. The first-order valence-electron chi connectivity index (χ1n) is 21.0. The molecule has 3 atom stereocenters. The molecule has 3 unspecified atom stereocenters. The van der Waals surface area contributed by atoms with Crippen LogP contribution in [0, 0.1) is 0 Å². The summed E-state index contributed by atoms with van der Waals surface area (Å²) in [4.78, 5) is 22.5. The van der Waals surface area contributed by atoms with Crippen molar-refractivity contribution in [3.63, 3.8) is 0 Å². The van der Waals surface area contributed by atoms with Gasteiger partial charge >= 0.3 is 13.8 Å². The van der Waals surface area contributed by atoms with Gasteiger partial charge in [-0.15, -0.1) is 0 Å². The van der Waals surface area contributed by atoms with E-state index in [0.29, 0.717) is 6.61 Å². The summed E-state index contributed by atoms with van der Waals surface area (Å²) in [6, 6.07) is 0. The second-order valence-corrected chi connectivity index (χ2v) is 15.8. The summed E-state index contributed by atoms with van der Waals surface area (Å²) in [5.41, 5.74) is 0. The molecule has 0 rings (SSSR count). The molecule has 0 saturated heterocycles. The van der Waals surface area contributed by atoms with Gasteiger partial charge in [0.05, 0.1) is 26.4 Å². The van der Waals surface area contributed by atoms with Gasteiger partial charge in [-0.05, 0) is 12.8 Å². The van der Waals surface area contributed by atoms with E-state index in [4.69, 9.17) is 23.6 Å². The molecule has 50 heavy (non-hydrogen) atoms. The second-order valence-electron chi connectivity index (χ2n) is 14.4. The Kier molecular flexibility index (Phi) is 37.8. The Bertz CT molecular complexity index is 754. The van der Waals surface area contributed by atoms with Gasteiger partial charge in [0.15, 0.2) is 0 Å². The van der Waals surface area contributed by atoms with Gasteiger partial charge in [-0.1, -0.05) is 187 Å². The Hall–Kier alpha value is -0.540. The first-order valence-corrected chi connectivity index (χ1v) is 22.5. The van der Waals surface area contributed by atoms with Gasteiger partial charge in [0, 0.05) is 13.0 Å². The number of phosphoric acid groups is 1. The highest BCUT2D eigenvalue weighted by atomic mass is 31.2. The van der Waals surface area contributed by atoms with E-state index in [1.165, 1.54) is 154 Å². The molecule has 0 spiro atoms. The van der Waals surface area contributed by atoms with Crippen LogP contribution in [0.5, 0.6) is 0 Å². The minimum atomic E-state index is -4.50. The molecule has 0 aromatic carbocycles. The molecule has 0 aliphatic carbocycles. The highest BCUT2D eigenvalue weighted by Crippen LogP contribution is 2.43. The van der Waals surface area contributed by atoms with Gasteiger partial charge in [0.25, 0.3) is 0 Å². The molecule has 3 N–H and O–H groups in total. The van der Waals surface area contributed by atoms with Gasteiger partial charge in [-0.2, -0.15) is 0 Å². The van der Waals surface area contributed by atoms with Crippen LogP contribution in [0.4, 0.5) is 0 Å². The van der Waals surface area contributed by atoms with Crippen molar-refractivity contribution in [1.82, 2.24) is 0 Å². The average molecular weight is 737 g/mol. The number of carbonyl (C=O) groups is 1. The van der Waals surface area contributed by atoms with E-state index in [9.17, 15) is 19.4 Å². The number of carbonyl (C=O) groups excluding carboxylic acids is 1. The van der Waals surface area contributed by atoms with Gasteiger partial charge < -0.3 is 24.6 Å². The van der Waals surface area contributed by atoms with Crippen molar-refractivity contribution in [2.24, 2.45) is 0 Å². The third kappa shape index (κ3) is 37.2. The fourth-order valence-electron chi connectivity index (χ4n) is 6.06. The molecule has 0 aliphatic rings. The van der Waals surface area contributed by atoms with E-state index in [1.807, 2.05) is 0 Å². The summed E-state index contributed by atoms with van der Waals surface area (Å²) in [5.74, 6) is -0.378. The lowest BCUT2D eigenvalue weighted by molar-refractivity contribution is -0.154. The molecule has 0 fully saturated rings. The van der Waals surface area contributed by atoms with Crippen LogP contribution in [-0.4, -0.2) is 66.3 Å². The Balaban J connectivity index is 4.03. The number of hydrogen-bond donors (Lipinski definition) is 3. The van der Waals surface area contributed by atoms with Crippen molar-refractivity contribution < 1.29 is 43.0 Å².